The highest BCUT2D eigenvalue weighted by molar-refractivity contribution is 7.91. The Labute approximate surface area is 167 Å². The summed E-state index contributed by atoms with van der Waals surface area (Å²) in [7, 11) is -3.25. The topological polar surface area (TPSA) is 54.5 Å². The quantitative estimate of drug-likeness (QED) is 0.631. The van der Waals surface area contributed by atoms with Crippen LogP contribution in [0.15, 0.2) is 59.3 Å². The Bertz CT molecular complexity index is 1010. The maximum atomic E-state index is 12.9. The lowest BCUT2D eigenvalue weighted by atomic mass is 10.1. The third-order valence-electron chi connectivity index (χ3n) is 4.83. The van der Waals surface area contributed by atoms with Crippen LogP contribution in [0.1, 0.15) is 26.9 Å². The third-order valence-corrected chi connectivity index (χ3v) is 8.99. The second-order valence-electron chi connectivity index (χ2n) is 6.51. The SMILES string of the molecule is O=C(c1ccc(-c2cccs2)cc1)N1CC[C@@H](c2cccs2)S(=O)(=O)CC1. The zero-order valence-electron chi connectivity index (χ0n) is 14.6. The van der Waals surface area contributed by atoms with Crippen molar-refractivity contribution in [1.29, 1.82) is 0 Å². The van der Waals surface area contributed by atoms with Crippen molar-refractivity contribution in [2.24, 2.45) is 0 Å². The molecular weight excluding hydrogens is 398 g/mol. The van der Waals surface area contributed by atoms with E-state index in [9.17, 15) is 13.2 Å². The van der Waals surface area contributed by atoms with Crippen molar-refractivity contribution in [1.82, 2.24) is 4.90 Å². The van der Waals surface area contributed by atoms with E-state index in [1.54, 1.807) is 16.2 Å². The largest absolute Gasteiger partial charge is 0.338 e. The Morgan fingerprint density at radius 2 is 1.70 bits per heavy atom. The van der Waals surface area contributed by atoms with Crippen LogP contribution in [-0.2, 0) is 9.84 Å². The van der Waals surface area contributed by atoms with E-state index in [2.05, 4.69) is 0 Å². The molecule has 1 aliphatic rings. The van der Waals surface area contributed by atoms with Crippen molar-refractivity contribution in [3.05, 3.63) is 69.7 Å². The highest BCUT2D eigenvalue weighted by Gasteiger charge is 2.33. The number of nitrogens with zero attached hydrogens (tertiary/aromatic N) is 1. The molecule has 3 aromatic rings. The first-order chi connectivity index (χ1) is 13.0. The summed E-state index contributed by atoms with van der Waals surface area (Å²) in [6.07, 6.45) is 0.446. The van der Waals surface area contributed by atoms with Crippen molar-refractivity contribution in [3.8, 4) is 10.4 Å². The molecule has 0 spiro atoms. The summed E-state index contributed by atoms with van der Waals surface area (Å²) in [5.41, 5.74) is 1.68. The number of amides is 1. The number of thiophene rings is 2. The second kappa shape index (κ2) is 7.58. The highest BCUT2D eigenvalue weighted by atomic mass is 32.2. The molecule has 0 bridgehead atoms. The summed E-state index contributed by atoms with van der Waals surface area (Å²) in [6, 6.07) is 15.3. The van der Waals surface area contributed by atoms with Gasteiger partial charge in [0.25, 0.3) is 5.91 Å². The van der Waals surface area contributed by atoms with E-state index in [-0.39, 0.29) is 18.2 Å². The summed E-state index contributed by atoms with van der Waals surface area (Å²) in [6.45, 7) is 0.697. The Morgan fingerprint density at radius 3 is 2.37 bits per heavy atom. The number of rotatable bonds is 3. The number of hydrogen-bond donors (Lipinski definition) is 0. The normalized spacial score (nSPS) is 19.6. The zero-order chi connectivity index (χ0) is 18.9. The van der Waals surface area contributed by atoms with E-state index in [0.29, 0.717) is 18.5 Å². The fraction of sp³-hybridized carbons (Fsp3) is 0.250. The molecule has 27 heavy (non-hydrogen) atoms. The van der Waals surface area contributed by atoms with Gasteiger partial charge in [-0.05, 0) is 47.0 Å². The van der Waals surface area contributed by atoms with Gasteiger partial charge >= 0.3 is 0 Å². The maximum Gasteiger partial charge on any atom is 0.253 e. The number of carbonyl (C=O) groups excluding carboxylic acids is 1. The molecule has 3 heterocycles. The minimum Gasteiger partial charge on any atom is -0.338 e. The van der Waals surface area contributed by atoms with Gasteiger partial charge in [0.1, 0.15) is 0 Å². The minimum atomic E-state index is -3.25. The smallest absolute Gasteiger partial charge is 0.253 e. The molecule has 7 heteroatoms. The molecule has 2 aromatic heterocycles. The van der Waals surface area contributed by atoms with Crippen LogP contribution >= 0.6 is 22.7 Å². The monoisotopic (exact) mass is 417 g/mol. The Balaban J connectivity index is 1.51. The van der Waals surface area contributed by atoms with Gasteiger partial charge in [0.05, 0.1) is 11.0 Å². The first kappa shape index (κ1) is 18.4. The Morgan fingerprint density at radius 1 is 0.963 bits per heavy atom. The highest BCUT2D eigenvalue weighted by Crippen LogP contribution is 2.33. The molecule has 0 radical (unpaired) electrons. The molecule has 1 aromatic carbocycles. The predicted octanol–water partition coefficient (Wildman–Crippen LogP) is 4.48. The first-order valence-corrected chi connectivity index (χ1v) is 12.2. The molecule has 4 rings (SSSR count). The number of sulfone groups is 1. The van der Waals surface area contributed by atoms with Crippen LogP contribution < -0.4 is 0 Å². The second-order valence-corrected chi connectivity index (χ2v) is 10.7. The molecule has 1 atom stereocenters. The van der Waals surface area contributed by atoms with E-state index in [1.165, 1.54) is 11.3 Å². The molecule has 0 unspecified atom stereocenters. The number of carbonyl (C=O) groups is 1. The lowest BCUT2D eigenvalue weighted by Gasteiger charge is -2.20. The van der Waals surface area contributed by atoms with Gasteiger partial charge in [0.15, 0.2) is 9.84 Å². The fourth-order valence-electron chi connectivity index (χ4n) is 3.34. The lowest BCUT2D eigenvalue weighted by molar-refractivity contribution is 0.0766. The molecular formula is C20H19NO3S3. The zero-order valence-corrected chi connectivity index (χ0v) is 17.0. The molecule has 140 valence electrons. The molecule has 1 aliphatic heterocycles. The van der Waals surface area contributed by atoms with Crippen LogP contribution in [0.4, 0.5) is 0 Å². The average Bonchev–Trinajstić information content (AvgIpc) is 3.36. The van der Waals surface area contributed by atoms with Crippen LogP contribution in [0.2, 0.25) is 0 Å². The first-order valence-electron chi connectivity index (χ1n) is 8.73. The van der Waals surface area contributed by atoms with Crippen LogP contribution in [0.3, 0.4) is 0 Å². The fourth-order valence-corrected chi connectivity index (χ4v) is 7.08. The van der Waals surface area contributed by atoms with Gasteiger partial charge in [0, 0.05) is 28.4 Å². The van der Waals surface area contributed by atoms with Crippen LogP contribution in [0, 0.1) is 0 Å². The summed E-state index contributed by atoms with van der Waals surface area (Å²) >= 11 is 3.12. The summed E-state index contributed by atoms with van der Waals surface area (Å²) in [4.78, 5) is 16.6. The van der Waals surface area contributed by atoms with Gasteiger partial charge < -0.3 is 4.90 Å². The van der Waals surface area contributed by atoms with Gasteiger partial charge in [0.2, 0.25) is 0 Å². The van der Waals surface area contributed by atoms with Crippen LogP contribution in [0.25, 0.3) is 10.4 Å². The Kier molecular flexibility index (Phi) is 5.16. The van der Waals surface area contributed by atoms with Crippen LogP contribution in [0.5, 0.6) is 0 Å². The van der Waals surface area contributed by atoms with E-state index < -0.39 is 15.1 Å². The van der Waals surface area contributed by atoms with Crippen molar-refractivity contribution in [2.45, 2.75) is 11.7 Å². The van der Waals surface area contributed by atoms with Crippen LogP contribution in [-0.4, -0.2) is 38.1 Å². The molecule has 0 aliphatic carbocycles. The molecule has 1 amide bonds. The van der Waals surface area contributed by atoms with E-state index in [4.69, 9.17) is 0 Å². The van der Waals surface area contributed by atoms with Gasteiger partial charge in [-0.15, -0.1) is 22.7 Å². The predicted molar refractivity (Wildman–Crippen MR) is 111 cm³/mol. The Hall–Kier alpha value is -1.96. The van der Waals surface area contributed by atoms with Crippen molar-refractivity contribution < 1.29 is 13.2 Å². The standard InChI is InChI=1S/C20H19NO3S3/c22-20(16-7-5-15(6-8-16)17-3-1-12-25-17)21-10-9-19(18-4-2-13-26-18)27(23,24)14-11-21/h1-8,12-13,19H,9-11,14H2/t19-/m0/s1. The van der Waals surface area contributed by atoms with E-state index in [0.717, 1.165) is 15.3 Å². The summed E-state index contributed by atoms with van der Waals surface area (Å²) < 4.78 is 25.3. The molecule has 1 fully saturated rings. The van der Waals surface area contributed by atoms with Gasteiger partial charge in [-0.3, -0.25) is 4.79 Å². The van der Waals surface area contributed by atoms with Crippen molar-refractivity contribution >= 4 is 38.4 Å². The average molecular weight is 418 g/mol. The molecule has 0 saturated carbocycles. The molecule has 0 N–H and O–H groups in total. The van der Waals surface area contributed by atoms with E-state index in [1.807, 2.05) is 59.3 Å². The van der Waals surface area contributed by atoms with Gasteiger partial charge in [-0.25, -0.2) is 8.42 Å². The maximum absolute atomic E-state index is 12.9. The van der Waals surface area contributed by atoms with Crippen molar-refractivity contribution in [2.75, 3.05) is 18.8 Å². The van der Waals surface area contributed by atoms with E-state index >= 15 is 0 Å². The van der Waals surface area contributed by atoms with Crippen molar-refractivity contribution in [3.63, 3.8) is 0 Å². The van der Waals surface area contributed by atoms with Gasteiger partial charge in [-0.1, -0.05) is 24.3 Å². The van der Waals surface area contributed by atoms with Gasteiger partial charge in [-0.2, -0.15) is 0 Å². The lowest BCUT2D eigenvalue weighted by Crippen LogP contribution is -2.33. The third kappa shape index (κ3) is 3.85. The summed E-state index contributed by atoms with van der Waals surface area (Å²) in [5, 5.41) is 3.42. The summed E-state index contributed by atoms with van der Waals surface area (Å²) in [5.74, 6) is -0.0936. The minimum absolute atomic E-state index is 0.00852. The molecule has 1 saturated heterocycles. The molecule has 4 nitrogen and oxygen atoms in total. The number of benzene rings is 1. The number of hydrogen-bond acceptors (Lipinski definition) is 5.